The van der Waals surface area contributed by atoms with Crippen molar-refractivity contribution in [2.24, 2.45) is 0 Å². The molecule has 1 fully saturated rings. The van der Waals surface area contributed by atoms with E-state index in [1.165, 1.54) is 0 Å². The first-order chi connectivity index (χ1) is 8.25. The number of rotatable bonds is 3. The Balaban J connectivity index is 1.83. The largest absolute Gasteiger partial charge is 0.459 e. The zero-order valence-electron chi connectivity index (χ0n) is 9.32. The van der Waals surface area contributed by atoms with Crippen LogP contribution in [0.4, 0.5) is 0 Å². The molecule has 1 aromatic rings. The highest BCUT2D eigenvalue weighted by molar-refractivity contribution is 6.30. The molecule has 0 saturated carbocycles. The van der Waals surface area contributed by atoms with E-state index in [1.807, 2.05) is 12.1 Å². The van der Waals surface area contributed by atoms with Gasteiger partial charge >= 0.3 is 5.97 Å². The van der Waals surface area contributed by atoms with Crippen LogP contribution in [0, 0.1) is 0 Å². The highest BCUT2D eigenvalue weighted by atomic mass is 35.5. The Morgan fingerprint density at radius 1 is 1.59 bits per heavy atom. The van der Waals surface area contributed by atoms with Crippen LogP contribution in [0.15, 0.2) is 24.3 Å². The van der Waals surface area contributed by atoms with Crippen LogP contribution in [0.2, 0.25) is 5.02 Å². The lowest BCUT2D eigenvalue weighted by Crippen LogP contribution is -2.43. The Kier molecular flexibility index (Phi) is 4.36. The maximum atomic E-state index is 11.6. The molecular formula is C12H14ClNO3. The number of hydrogen-bond donors (Lipinski definition) is 1. The van der Waals surface area contributed by atoms with Crippen molar-refractivity contribution in [3.8, 4) is 0 Å². The van der Waals surface area contributed by atoms with Crippen molar-refractivity contribution in [3.05, 3.63) is 34.9 Å². The van der Waals surface area contributed by atoms with E-state index in [1.54, 1.807) is 12.1 Å². The zero-order chi connectivity index (χ0) is 12.1. The molecule has 1 atom stereocenters. The van der Waals surface area contributed by atoms with Gasteiger partial charge in [0.2, 0.25) is 0 Å². The summed E-state index contributed by atoms with van der Waals surface area (Å²) in [4.78, 5) is 11.6. The smallest absolute Gasteiger partial charge is 0.336 e. The van der Waals surface area contributed by atoms with Crippen molar-refractivity contribution < 1.29 is 14.3 Å². The molecule has 0 aromatic heterocycles. The number of morpholine rings is 1. The highest BCUT2D eigenvalue weighted by Crippen LogP contribution is 2.12. The van der Waals surface area contributed by atoms with Gasteiger partial charge in [-0.05, 0) is 17.7 Å². The number of ether oxygens (including phenoxy) is 2. The molecule has 4 nitrogen and oxygen atoms in total. The van der Waals surface area contributed by atoms with Crippen LogP contribution in [-0.4, -0.2) is 31.8 Å². The van der Waals surface area contributed by atoms with E-state index in [2.05, 4.69) is 5.32 Å². The quantitative estimate of drug-likeness (QED) is 0.829. The van der Waals surface area contributed by atoms with Crippen LogP contribution in [0.1, 0.15) is 5.56 Å². The molecule has 1 N–H and O–H groups in total. The van der Waals surface area contributed by atoms with Gasteiger partial charge in [0.25, 0.3) is 0 Å². The van der Waals surface area contributed by atoms with Gasteiger partial charge in [0.05, 0.1) is 6.61 Å². The molecule has 1 heterocycles. The average molecular weight is 256 g/mol. The first kappa shape index (κ1) is 12.4. The Labute approximate surface area is 105 Å². The minimum Gasteiger partial charge on any atom is -0.459 e. The van der Waals surface area contributed by atoms with E-state index in [-0.39, 0.29) is 12.6 Å². The molecule has 0 amide bonds. The molecule has 0 bridgehead atoms. The van der Waals surface area contributed by atoms with Gasteiger partial charge in [-0.15, -0.1) is 0 Å². The van der Waals surface area contributed by atoms with E-state index in [0.29, 0.717) is 18.2 Å². The summed E-state index contributed by atoms with van der Waals surface area (Å²) in [6, 6.07) is 7.24. The monoisotopic (exact) mass is 255 g/mol. The van der Waals surface area contributed by atoms with Gasteiger partial charge in [-0.3, -0.25) is 0 Å². The van der Waals surface area contributed by atoms with Crippen LogP contribution in [-0.2, 0) is 20.9 Å². The van der Waals surface area contributed by atoms with Gasteiger partial charge in [0, 0.05) is 18.1 Å². The molecule has 1 aliphatic heterocycles. The summed E-state index contributed by atoms with van der Waals surface area (Å²) in [5, 5.41) is 3.71. The minimum absolute atomic E-state index is 0.221. The van der Waals surface area contributed by atoms with Crippen molar-refractivity contribution in [2.75, 3.05) is 19.7 Å². The van der Waals surface area contributed by atoms with Crippen molar-refractivity contribution in [2.45, 2.75) is 12.7 Å². The maximum absolute atomic E-state index is 11.6. The van der Waals surface area contributed by atoms with Gasteiger partial charge in [0.15, 0.2) is 6.10 Å². The van der Waals surface area contributed by atoms with Gasteiger partial charge in [0.1, 0.15) is 6.61 Å². The van der Waals surface area contributed by atoms with Crippen LogP contribution in [0.3, 0.4) is 0 Å². The van der Waals surface area contributed by atoms with Crippen LogP contribution < -0.4 is 5.32 Å². The lowest BCUT2D eigenvalue weighted by Gasteiger charge is -2.21. The first-order valence-corrected chi connectivity index (χ1v) is 5.87. The third-order valence-corrected chi connectivity index (χ3v) is 2.70. The molecule has 2 rings (SSSR count). The Morgan fingerprint density at radius 3 is 3.18 bits per heavy atom. The van der Waals surface area contributed by atoms with Crippen molar-refractivity contribution >= 4 is 17.6 Å². The average Bonchev–Trinajstić information content (AvgIpc) is 2.37. The predicted molar refractivity (Wildman–Crippen MR) is 63.9 cm³/mol. The molecule has 1 aliphatic rings. The Morgan fingerprint density at radius 2 is 2.47 bits per heavy atom. The van der Waals surface area contributed by atoms with Crippen LogP contribution >= 0.6 is 11.6 Å². The predicted octanol–water partition coefficient (Wildman–Crippen LogP) is 1.37. The van der Waals surface area contributed by atoms with Crippen LogP contribution in [0.5, 0.6) is 0 Å². The lowest BCUT2D eigenvalue weighted by atomic mass is 10.2. The number of hydrogen-bond acceptors (Lipinski definition) is 4. The number of halogens is 1. The second-order valence-corrected chi connectivity index (χ2v) is 4.24. The van der Waals surface area contributed by atoms with E-state index in [9.17, 15) is 4.79 Å². The summed E-state index contributed by atoms with van der Waals surface area (Å²) >= 11 is 5.83. The molecular weight excluding hydrogens is 242 g/mol. The molecule has 0 spiro atoms. The fourth-order valence-electron chi connectivity index (χ4n) is 1.59. The maximum Gasteiger partial charge on any atom is 0.336 e. The molecule has 1 saturated heterocycles. The molecule has 1 unspecified atom stereocenters. The zero-order valence-corrected chi connectivity index (χ0v) is 10.1. The molecule has 17 heavy (non-hydrogen) atoms. The number of benzene rings is 1. The molecule has 92 valence electrons. The number of carbonyl (C=O) groups excluding carboxylic acids is 1. The normalized spacial score (nSPS) is 19.9. The Bertz CT molecular complexity index is 391. The molecule has 0 radical (unpaired) electrons. The van der Waals surface area contributed by atoms with Crippen LogP contribution in [0.25, 0.3) is 0 Å². The summed E-state index contributed by atoms with van der Waals surface area (Å²) < 4.78 is 10.4. The molecule has 5 heteroatoms. The van der Waals surface area contributed by atoms with Gasteiger partial charge < -0.3 is 14.8 Å². The Hall–Kier alpha value is -1.10. The summed E-state index contributed by atoms with van der Waals surface area (Å²) in [6.07, 6.45) is -0.497. The van der Waals surface area contributed by atoms with Crippen molar-refractivity contribution in [1.29, 1.82) is 0 Å². The summed E-state index contributed by atoms with van der Waals surface area (Å²) in [6.45, 7) is 2.04. The second kappa shape index (κ2) is 6.00. The SMILES string of the molecule is O=C(OCc1cccc(Cl)c1)C1CNCCO1. The van der Waals surface area contributed by atoms with Gasteiger partial charge in [-0.25, -0.2) is 4.79 Å². The summed E-state index contributed by atoms with van der Waals surface area (Å²) in [5.74, 6) is -0.336. The lowest BCUT2D eigenvalue weighted by molar-refractivity contribution is -0.160. The fraction of sp³-hybridized carbons (Fsp3) is 0.417. The van der Waals surface area contributed by atoms with E-state index in [4.69, 9.17) is 21.1 Å². The summed E-state index contributed by atoms with van der Waals surface area (Å²) in [7, 11) is 0. The highest BCUT2D eigenvalue weighted by Gasteiger charge is 2.23. The number of esters is 1. The summed E-state index contributed by atoms with van der Waals surface area (Å²) in [5.41, 5.74) is 0.870. The van der Waals surface area contributed by atoms with E-state index >= 15 is 0 Å². The fourth-order valence-corrected chi connectivity index (χ4v) is 1.80. The minimum atomic E-state index is -0.497. The number of nitrogens with one attached hydrogen (secondary N) is 1. The van der Waals surface area contributed by atoms with Crippen molar-refractivity contribution in [1.82, 2.24) is 5.32 Å². The number of carbonyl (C=O) groups is 1. The van der Waals surface area contributed by atoms with Gasteiger partial charge in [-0.1, -0.05) is 23.7 Å². The first-order valence-electron chi connectivity index (χ1n) is 5.49. The third kappa shape index (κ3) is 3.70. The standard InChI is InChI=1S/C12H14ClNO3/c13-10-3-1-2-9(6-10)8-17-12(15)11-7-14-4-5-16-11/h1-3,6,11,14H,4-5,7-8H2. The molecule has 1 aromatic carbocycles. The third-order valence-electron chi connectivity index (χ3n) is 2.46. The van der Waals surface area contributed by atoms with E-state index in [0.717, 1.165) is 12.1 Å². The second-order valence-electron chi connectivity index (χ2n) is 3.80. The topological polar surface area (TPSA) is 47.6 Å². The van der Waals surface area contributed by atoms with Gasteiger partial charge in [-0.2, -0.15) is 0 Å². The molecule has 0 aliphatic carbocycles. The van der Waals surface area contributed by atoms with Crippen molar-refractivity contribution in [3.63, 3.8) is 0 Å². The van der Waals surface area contributed by atoms with E-state index < -0.39 is 6.10 Å².